The summed E-state index contributed by atoms with van der Waals surface area (Å²) in [6.07, 6.45) is 0.824. The molecular formula is C20H20ClN3O3S. The lowest BCUT2D eigenvalue weighted by Gasteiger charge is -2.11. The Kier molecular flexibility index (Phi) is 6.95. The molecule has 28 heavy (non-hydrogen) atoms. The van der Waals surface area contributed by atoms with Gasteiger partial charge in [0.05, 0.1) is 12.8 Å². The van der Waals surface area contributed by atoms with Gasteiger partial charge in [-0.15, -0.1) is 0 Å². The minimum atomic E-state index is -0.513. The zero-order chi connectivity index (χ0) is 19.9. The molecule has 0 spiro atoms. The molecule has 0 radical (unpaired) electrons. The number of carbonyl (C=O) groups excluding carboxylic acids is 2. The fraction of sp³-hybridized carbons (Fsp3) is 0.250. The van der Waals surface area contributed by atoms with Gasteiger partial charge in [0.2, 0.25) is 11.8 Å². The molecule has 146 valence electrons. The number of aliphatic imine (C=N–C) groups is 1. The lowest BCUT2D eigenvalue weighted by molar-refractivity contribution is -0.122. The maximum Gasteiger partial charge on any atom is 0.240 e. The summed E-state index contributed by atoms with van der Waals surface area (Å²) >= 11 is 7.25. The summed E-state index contributed by atoms with van der Waals surface area (Å²) in [6, 6.07) is 15.0. The van der Waals surface area contributed by atoms with Crippen LogP contribution in [0.5, 0.6) is 5.75 Å². The van der Waals surface area contributed by atoms with Crippen LogP contribution < -0.4 is 15.4 Å². The second-order valence-corrected chi connectivity index (χ2v) is 7.74. The first-order valence-electron chi connectivity index (χ1n) is 8.74. The van der Waals surface area contributed by atoms with Gasteiger partial charge in [0, 0.05) is 18.0 Å². The number of amidine groups is 1. The van der Waals surface area contributed by atoms with Crippen molar-refractivity contribution < 1.29 is 14.3 Å². The van der Waals surface area contributed by atoms with Crippen LogP contribution in [0, 0.1) is 0 Å². The molecule has 0 aliphatic carbocycles. The van der Waals surface area contributed by atoms with E-state index in [2.05, 4.69) is 15.6 Å². The summed E-state index contributed by atoms with van der Waals surface area (Å²) in [5.74, 6) is -0.000127. The first-order valence-corrected chi connectivity index (χ1v) is 10.00. The van der Waals surface area contributed by atoms with Crippen LogP contribution in [-0.4, -0.2) is 35.9 Å². The van der Waals surface area contributed by atoms with Crippen LogP contribution in [0.3, 0.4) is 0 Å². The highest BCUT2D eigenvalue weighted by Gasteiger charge is 2.32. The maximum atomic E-state index is 12.4. The van der Waals surface area contributed by atoms with Gasteiger partial charge in [0.25, 0.3) is 0 Å². The number of thioether (sulfide) groups is 1. The number of halogens is 1. The van der Waals surface area contributed by atoms with E-state index in [1.54, 1.807) is 18.2 Å². The second kappa shape index (κ2) is 9.61. The molecule has 1 heterocycles. The maximum absolute atomic E-state index is 12.4. The minimum Gasteiger partial charge on any atom is -0.495 e. The quantitative estimate of drug-likeness (QED) is 0.722. The minimum absolute atomic E-state index is 0.0316. The standard InChI is InChI=1S/C20H20ClN3O3S/c1-27-16-8-7-14(21)11-15(16)23-18(25)12-17-19(26)24-20(28-17)22-10-9-13-5-3-2-4-6-13/h2-8,11,17H,9-10,12H2,1H3,(H,23,25)(H,22,24,26). The van der Waals surface area contributed by atoms with Crippen molar-refractivity contribution in [2.75, 3.05) is 19.0 Å². The largest absolute Gasteiger partial charge is 0.495 e. The van der Waals surface area contributed by atoms with E-state index >= 15 is 0 Å². The Morgan fingerprint density at radius 2 is 2.07 bits per heavy atom. The number of hydrogen-bond donors (Lipinski definition) is 2. The Labute approximate surface area is 172 Å². The topological polar surface area (TPSA) is 79.8 Å². The van der Waals surface area contributed by atoms with Gasteiger partial charge in [-0.2, -0.15) is 0 Å². The Bertz CT molecular complexity index is 890. The van der Waals surface area contributed by atoms with Gasteiger partial charge in [-0.05, 0) is 30.2 Å². The molecular weight excluding hydrogens is 398 g/mol. The van der Waals surface area contributed by atoms with Crippen LogP contribution in [0.2, 0.25) is 5.02 Å². The van der Waals surface area contributed by atoms with E-state index in [0.717, 1.165) is 6.42 Å². The van der Waals surface area contributed by atoms with Crippen LogP contribution in [-0.2, 0) is 16.0 Å². The van der Waals surface area contributed by atoms with Crippen LogP contribution >= 0.6 is 23.4 Å². The highest BCUT2D eigenvalue weighted by atomic mass is 35.5. The van der Waals surface area contributed by atoms with E-state index in [0.29, 0.717) is 28.2 Å². The van der Waals surface area contributed by atoms with Crippen molar-refractivity contribution in [3.63, 3.8) is 0 Å². The molecule has 1 aliphatic heterocycles. The van der Waals surface area contributed by atoms with Crippen molar-refractivity contribution in [3.05, 3.63) is 59.1 Å². The number of anilines is 1. The van der Waals surface area contributed by atoms with E-state index in [1.165, 1.54) is 24.4 Å². The highest BCUT2D eigenvalue weighted by molar-refractivity contribution is 8.15. The number of ether oxygens (including phenoxy) is 1. The summed E-state index contributed by atoms with van der Waals surface area (Å²) in [4.78, 5) is 28.9. The van der Waals surface area contributed by atoms with Crippen molar-refractivity contribution in [2.24, 2.45) is 4.99 Å². The van der Waals surface area contributed by atoms with Gasteiger partial charge in [0.1, 0.15) is 11.0 Å². The molecule has 8 heteroatoms. The summed E-state index contributed by atoms with van der Waals surface area (Å²) in [6.45, 7) is 0.575. The third-order valence-corrected chi connectivity index (χ3v) is 5.44. The number of hydrogen-bond acceptors (Lipinski definition) is 5. The van der Waals surface area contributed by atoms with Gasteiger partial charge < -0.3 is 15.4 Å². The molecule has 0 bridgehead atoms. The fourth-order valence-electron chi connectivity index (χ4n) is 2.69. The fourth-order valence-corrected chi connectivity index (χ4v) is 3.86. The van der Waals surface area contributed by atoms with Crippen molar-refractivity contribution in [1.82, 2.24) is 5.32 Å². The third kappa shape index (κ3) is 5.50. The monoisotopic (exact) mass is 417 g/mol. The molecule has 0 saturated carbocycles. The number of nitrogens with zero attached hydrogens (tertiary/aromatic N) is 1. The predicted molar refractivity (Wildman–Crippen MR) is 113 cm³/mol. The van der Waals surface area contributed by atoms with E-state index < -0.39 is 5.25 Å². The molecule has 1 aliphatic rings. The molecule has 1 fully saturated rings. The number of rotatable bonds is 7. The summed E-state index contributed by atoms with van der Waals surface area (Å²) in [5, 5.41) is 6.01. The van der Waals surface area contributed by atoms with Crippen LogP contribution in [0.25, 0.3) is 0 Å². The normalized spacial score (nSPS) is 17.4. The van der Waals surface area contributed by atoms with Gasteiger partial charge >= 0.3 is 0 Å². The smallest absolute Gasteiger partial charge is 0.240 e. The zero-order valence-corrected chi connectivity index (χ0v) is 16.8. The Morgan fingerprint density at radius 3 is 2.82 bits per heavy atom. The molecule has 1 atom stereocenters. The second-order valence-electron chi connectivity index (χ2n) is 6.12. The SMILES string of the molecule is COc1ccc(Cl)cc1NC(=O)CC1SC(=NCCc2ccccc2)NC1=O. The Morgan fingerprint density at radius 1 is 1.29 bits per heavy atom. The molecule has 1 saturated heterocycles. The van der Waals surface area contributed by atoms with Crippen molar-refractivity contribution in [2.45, 2.75) is 18.1 Å². The van der Waals surface area contributed by atoms with Crippen molar-refractivity contribution in [1.29, 1.82) is 0 Å². The van der Waals surface area contributed by atoms with Crippen molar-refractivity contribution in [3.8, 4) is 5.75 Å². The lowest BCUT2D eigenvalue weighted by Crippen LogP contribution is -2.28. The number of nitrogens with one attached hydrogen (secondary N) is 2. The predicted octanol–water partition coefficient (Wildman–Crippen LogP) is 3.51. The molecule has 2 N–H and O–H groups in total. The number of methoxy groups -OCH3 is 1. The molecule has 3 rings (SSSR count). The van der Waals surface area contributed by atoms with Gasteiger partial charge in [-0.25, -0.2) is 0 Å². The number of amides is 2. The molecule has 0 aromatic heterocycles. The molecule has 1 unspecified atom stereocenters. The van der Waals surface area contributed by atoms with Crippen molar-refractivity contribution >= 4 is 46.0 Å². The van der Waals surface area contributed by atoms with Crippen LogP contribution in [0.15, 0.2) is 53.5 Å². The highest BCUT2D eigenvalue weighted by Crippen LogP contribution is 2.29. The molecule has 2 aromatic rings. The summed E-state index contributed by atoms with van der Waals surface area (Å²) < 4.78 is 5.21. The molecule has 6 nitrogen and oxygen atoms in total. The molecule has 2 amide bonds. The van der Waals surface area contributed by atoms with E-state index in [-0.39, 0.29) is 18.2 Å². The average molecular weight is 418 g/mol. The Hall–Kier alpha value is -2.51. The number of benzene rings is 2. The van der Waals surface area contributed by atoms with Crippen LogP contribution in [0.4, 0.5) is 5.69 Å². The van der Waals surface area contributed by atoms with Gasteiger partial charge in [-0.1, -0.05) is 53.7 Å². The lowest BCUT2D eigenvalue weighted by atomic mass is 10.2. The average Bonchev–Trinajstić information content (AvgIpc) is 3.02. The molecule has 2 aromatic carbocycles. The first kappa shape index (κ1) is 20.2. The number of carbonyl (C=O) groups is 2. The van der Waals surface area contributed by atoms with Crippen LogP contribution in [0.1, 0.15) is 12.0 Å². The Balaban J connectivity index is 1.53. The van der Waals surface area contributed by atoms with Gasteiger partial charge in [0.15, 0.2) is 5.17 Å². The zero-order valence-electron chi connectivity index (χ0n) is 15.3. The van der Waals surface area contributed by atoms with E-state index in [1.807, 2.05) is 30.3 Å². The first-order chi connectivity index (χ1) is 13.5. The van der Waals surface area contributed by atoms with E-state index in [9.17, 15) is 9.59 Å². The van der Waals surface area contributed by atoms with Gasteiger partial charge in [-0.3, -0.25) is 14.6 Å². The third-order valence-electron chi connectivity index (χ3n) is 4.08. The van der Waals surface area contributed by atoms with E-state index in [4.69, 9.17) is 16.3 Å². The summed E-state index contributed by atoms with van der Waals surface area (Å²) in [7, 11) is 1.51. The summed E-state index contributed by atoms with van der Waals surface area (Å²) in [5.41, 5.74) is 1.66.